The average Bonchev–Trinajstić information content (AvgIpc) is 2.46. The summed E-state index contributed by atoms with van der Waals surface area (Å²) < 4.78 is 5.46. The molecule has 2 aliphatic heterocycles. The third kappa shape index (κ3) is 4.97. The van der Waals surface area contributed by atoms with Crippen LogP contribution >= 0.6 is 0 Å². The molecule has 0 spiro atoms. The van der Waals surface area contributed by atoms with E-state index in [0.717, 1.165) is 25.8 Å². The number of nitrogens with zero attached hydrogens (tertiary/aromatic N) is 2. The molecule has 0 radical (unpaired) electrons. The fraction of sp³-hybridized carbons (Fsp3) is 0.867. The van der Waals surface area contributed by atoms with E-state index in [0.29, 0.717) is 32.7 Å². The molecular weight excluding hydrogens is 272 g/mol. The van der Waals surface area contributed by atoms with Gasteiger partial charge in [0.15, 0.2) is 0 Å². The molecule has 0 aliphatic carbocycles. The molecule has 2 saturated heterocycles. The van der Waals surface area contributed by atoms with Crippen molar-refractivity contribution in [3.05, 3.63) is 0 Å². The number of carboxylic acid groups (broad SMARTS) is 1. The van der Waals surface area contributed by atoms with Crippen LogP contribution in [0.25, 0.3) is 0 Å². The van der Waals surface area contributed by atoms with Crippen molar-refractivity contribution in [1.29, 1.82) is 0 Å². The topological polar surface area (TPSA) is 70.1 Å². The van der Waals surface area contributed by atoms with Gasteiger partial charge in [-0.05, 0) is 32.7 Å². The Bertz CT molecular complexity index is 375. The highest BCUT2D eigenvalue weighted by Crippen LogP contribution is 2.21. The predicted molar refractivity (Wildman–Crippen MR) is 78.1 cm³/mol. The molecule has 0 aromatic carbocycles. The Kier molecular flexibility index (Phi) is 5.99. The summed E-state index contributed by atoms with van der Waals surface area (Å²) in [5.74, 6) is -0.610. The fourth-order valence-corrected chi connectivity index (χ4v) is 3.20. The van der Waals surface area contributed by atoms with Crippen molar-refractivity contribution in [2.75, 3.05) is 32.8 Å². The van der Waals surface area contributed by atoms with Gasteiger partial charge in [-0.3, -0.25) is 14.5 Å². The van der Waals surface area contributed by atoms with Crippen molar-refractivity contribution in [2.24, 2.45) is 0 Å². The number of rotatable bonds is 5. The van der Waals surface area contributed by atoms with Crippen LogP contribution in [0.2, 0.25) is 0 Å². The molecule has 0 aromatic heterocycles. The third-order valence-corrected chi connectivity index (χ3v) is 4.37. The largest absolute Gasteiger partial charge is 0.481 e. The summed E-state index contributed by atoms with van der Waals surface area (Å²) in [6, 6.07) is 0.234. The molecule has 2 aliphatic rings. The molecule has 0 bridgehead atoms. The first kappa shape index (κ1) is 16.2. The van der Waals surface area contributed by atoms with Gasteiger partial charge in [0.05, 0.1) is 19.3 Å². The van der Waals surface area contributed by atoms with Crippen molar-refractivity contribution in [2.45, 2.75) is 51.2 Å². The van der Waals surface area contributed by atoms with E-state index < -0.39 is 5.97 Å². The van der Waals surface area contributed by atoms with Gasteiger partial charge in [0.1, 0.15) is 0 Å². The van der Waals surface area contributed by atoms with Gasteiger partial charge in [-0.25, -0.2) is 0 Å². The number of ether oxygens (including phenoxy) is 1. The van der Waals surface area contributed by atoms with E-state index in [1.807, 2.05) is 11.8 Å². The molecule has 6 nitrogen and oxygen atoms in total. The van der Waals surface area contributed by atoms with Gasteiger partial charge < -0.3 is 14.7 Å². The van der Waals surface area contributed by atoms with Crippen LogP contribution in [-0.2, 0) is 14.3 Å². The van der Waals surface area contributed by atoms with E-state index in [4.69, 9.17) is 9.84 Å². The minimum absolute atomic E-state index is 0.104. The first-order valence-corrected chi connectivity index (χ1v) is 7.91. The maximum atomic E-state index is 12.4. The van der Waals surface area contributed by atoms with Gasteiger partial charge in [-0.2, -0.15) is 0 Å². The number of morpholine rings is 1. The Balaban J connectivity index is 1.85. The Morgan fingerprint density at radius 1 is 1.29 bits per heavy atom. The molecule has 2 heterocycles. The predicted octanol–water partition coefficient (Wildman–Crippen LogP) is 0.953. The highest BCUT2D eigenvalue weighted by atomic mass is 16.5. The molecule has 2 fully saturated rings. The number of aliphatic carboxylic acids is 1. The van der Waals surface area contributed by atoms with Crippen molar-refractivity contribution in [3.8, 4) is 0 Å². The SMILES string of the molecule is CC1CN(C(=O)CN2CCCCC2CCC(=O)O)CCO1. The number of carboxylic acids is 1. The highest BCUT2D eigenvalue weighted by molar-refractivity contribution is 5.78. The molecule has 120 valence electrons. The van der Waals surface area contributed by atoms with Gasteiger partial charge in [0.2, 0.25) is 5.91 Å². The summed E-state index contributed by atoms with van der Waals surface area (Å²) in [6.07, 6.45) is 4.15. The summed E-state index contributed by atoms with van der Waals surface area (Å²) in [5.41, 5.74) is 0. The highest BCUT2D eigenvalue weighted by Gasteiger charge is 2.28. The lowest BCUT2D eigenvalue weighted by atomic mass is 9.98. The summed E-state index contributed by atoms with van der Waals surface area (Å²) in [4.78, 5) is 27.2. The zero-order valence-electron chi connectivity index (χ0n) is 12.8. The molecule has 2 unspecified atom stereocenters. The third-order valence-electron chi connectivity index (χ3n) is 4.37. The lowest BCUT2D eigenvalue weighted by Gasteiger charge is -2.38. The minimum atomic E-state index is -0.756. The Morgan fingerprint density at radius 2 is 2.10 bits per heavy atom. The molecule has 21 heavy (non-hydrogen) atoms. The fourth-order valence-electron chi connectivity index (χ4n) is 3.20. The molecule has 0 saturated carbocycles. The van der Waals surface area contributed by atoms with E-state index >= 15 is 0 Å². The second-order valence-corrected chi connectivity index (χ2v) is 6.07. The molecule has 1 amide bonds. The van der Waals surface area contributed by atoms with E-state index in [9.17, 15) is 9.59 Å². The van der Waals surface area contributed by atoms with E-state index in [1.54, 1.807) is 0 Å². The van der Waals surface area contributed by atoms with Crippen LogP contribution in [0.3, 0.4) is 0 Å². The van der Waals surface area contributed by atoms with Crippen molar-refractivity contribution >= 4 is 11.9 Å². The Morgan fingerprint density at radius 3 is 2.81 bits per heavy atom. The standard InChI is InChI=1S/C15H26N2O4/c1-12-10-17(8-9-21-12)14(18)11-16-7-3-2-4-13(16)5-6-15(19)20/h12-13H,2-11H2,1H3,(H,19,20). The maximum Gasteiger partial charge on any atom is 0.303 e. The van der Waals surface area contributed by atoms with Crippen molar-refractivity contribution < 1.29 is 19.4 Å². The second-order valence-electron chi connectivity index (χ2n) is 6.07. The first-order chi connectivity index (χ1) is 10.1. The Hall–Kier alpha value is -1.14. The number of hydrogen-bond donors (Lipinski definition) is 1. The minimum Gasteiger partial charge on any atom is -0.481 e. The smallest absolute Gasteiger partial charge is 0.303 e. The lowest BCUT2D eigenvalue weighted by Crippen LogP contribution is -2.51. The van der Waals surface area contributed by atoms with Gasteiger partial charge >= 0.3 is 5.97 Å². The van der Waals surface area contributed by atoms with Crippen LogP contribution in [0.4, 0.5) is 0 Å². The quantitative estimate of drug-likeness (QED) is 0.818. The monoisotopic (exact) mass is 298 g/mol. The number of hydrogen-bond acceptors (Lipinski definition) is 4. The Labute approximate surface area is 126 Å². The first-order valence-electron chi connectivity index (χ1n) is 7.91. The van der Waals surface area contributed by atoms with Crippen LogP contribution < -0.4 is 0 Å². The lowest BCUT2D eigenvalue weighted by molar-refractivity contribution is -0.140. The summed E-state index contributed by atoms with van der Waals surface area (Å²) >= 11 is 0. The van der Waals surface area contributed by atoms with Crippen molar-refractivity contribution in [1.82, 2.24) is 9.80 Å². The van der Waals surface area contributed by atoms with E-state index in [-0.39, 0.29) is 24.5 Å². The van der Waals surface area contributed by atoms with Crippen LogP contribution in [0, 0.1) is 0 Å². The zero-order chi connectivity index (χ0) is 15.2. The second kappa shape index (κ2) is 7.75. The number of piperidine rings is 1. The van der Waals surface area contributed by atoms with Gasteiger partial charge in [-0.1, -0.05) is 6.42 Å². The van der Waals surface area contributed by atoms with Crippen LogP contribution in [0.1, 0.15) is 39.0 Å². The summed E-state index contributed by atoms with van der Waals surface area (Å²) in [7, 11) is 0. The summed E-state index contributed by atoms with van der Waals surface area (Å²) in [5, 5.41) is 8.84. The van der Waals surface area contributed by atoms with Crippen LogP contribution in [0.15, 0.2) is 0 Å². The number of carbonyl (C=O) groups excluding carboxylic acids is 1. The van der Waals surface area contributed by atoms with Gasteiger partial charge in [0, 0.05) is 25.6 Å². The van der Waals surface area contributed by atoms with Crippen LogP contribution in [-0.4, -0.2) is 71.7 Å². The average molecular weight is 298 g/mol. The number of amides is 1. The number of carbonyl (C=O) groups is 2. The molecule has 2 rings (SSSR count). The van der Waals surface area contributed by atoms with Gasteiger partial charge in [-0.15, -0.1) is 0 Å². The van der Waals surface area contributed by atoms with E-state index in [2.05, 4.69) is 4.90 Å². The molecule has 6 heteroatoms. The molecular formula is C15H26N2O4. The van der Waals surface area contributed by atoms with E-state index in [1.165, 1.54) is 0 Å². The maximum absolute atomic E-state index is 12.4. The molecule has 0 aromatic rings. The van der Waals surface area contributed by atoms with Crippen molar-refractivity contribution in [3.63, 3.8) is 0 Å². The summed E-state index contributed by atoms with van der Waals surface area (Å²) in [6.45, 7) is 5.22. The van der Waals surface area contributed by atoms with Crippen LogP contribution in [0.5, 0.6) is 0 Å². The zero-order valence-corrected chi connectivity index (χ0v) is 12.8. The van der Waals surface area contributed by atoms with Gasteiger partial charge in [0.25, 0.3) is 0 Å². The normalized spacial score (nSPS) is 27.6. The molecule has 2 atom stereocenters. The number of likely N-dealkylation sites (tertiary alicyclic amines) is 1. The molecule has 1 N–H and O–H groups in total.